The summed E-state index contributed by atoms with van der Waals surface area (Å²) in [6.45, 7) is 3.59. The molecular formula is C24H29N5O5S. The molecule has 0 atom stereocenters. The van der Waals surface area contributed by atoms with Gasteiger partial charge in [-0.1, -0.05) is 6.07 Å². The summed E-state index contributed by atoms with van der Waals surface area (Å²) in [4.78, 5) is 21.4. The zero-order valence-corrected chi connectivity index (χ0v) is 20.5. The van der Waals surface area contributed by atoms with E-state index in [9.17, 15) is 18.5 Å². The Morgan fingerprint density at radius 2 is 1.94 bits per heavy atom. The molecule has 0 bridgehead atoms. The molecule has 1 aromatic carbocycles. The van der Waals surface area contributed by atoms with Crippen LogP contribution in [0.4, 0.5) is 5.82 Å². The van der Waals surface area contributed by atoms with Crippen molar-refractivity contribution in [2.24, 2.45) is 0 Å². The molecule has 10 nitrogen and oxygen atoms in total. The molecule has 3 heterocycles. The number of carbonyl (C=O) groups excluding carboxylic acids is 1. The summed E-state index contributed by atoms with van der Waals surface area (Å²) < 4.78 is 38.5. The topological polar surface area (TPSA) is 116 Å². The van der Waals surface area contributed by atoms with Gasteiger partial charge in [0.25, 0.3) is 0 Å². The van der Waals surface area contributed by atoms with Gasteiger partial charge < -0.3 is 19.3 Å². The van der Waals surface area contributed by atoms with Gasteiger partial charge in [-0.15, -0.1) is 0 Å². The second kappa shape index (κ2) is 11.0. The molecule has 1 aromatic heterocycles. The number of amides is 1. The first-order valence-electron chi connectivity index (χ1n) is 11.6. The predicted molar refractivity (Wildman–Crippen MR) is 129 cm³/mol. The van der Waals surface area contributed by atoms with Crippen LogP contribution in [-0.2, 0) is 26.0 Å². The lowest BCUT2D eigenvalue weighted by atomic mass is 10.1. The SMILES string of the molecule is COc1ccc(CC(=O)N2CCCN(c3ncccc3C#N)CC2)cc1S(=O)(=O)N1CCOCC1. The molecule has 4 rings (SSSR count). The summed E-state index contributed by atoms with van der Waals surface area (Å²) in [5, 5.41) is 9.38. The van der Waals surface area contributed by atoms with Crippen molar-refractivity contribution < 1.29 is 22.7 Å². The van der Waals surface area contributed by atoms with Gasteiger partial charge in [-0.05, 0) is 36.2 Å². The molecule has 2 fully saturated rings. The summed E-state index contributed by atoms with van der Waals surface area (Å²) in [5.41, 5.74) is 1.12. The molecule has 2 aliphatic heterocycles. The lowest BCUT2D eigenvalue weighted by Gasteiger charge is -2.27. The molecule has 1 amide bonds. The van der Waals surface area contributed by atoms with Crippen LogP contribution in [0, 0.1) is 11.3 Å². The van der Waals surface area contributed by atoms with Crippen LogP contribution in [0.3, 0.4) is 0 Å². The minimum atomic E-state index is -3.77. The smallest absolute Gasteiger partial charge is 0.246 e. The molecule has 0 spiro atoms. The number of anilines is 1. The van der Waals surface area contributed by atoms with E-state index >= 15 is 0 Å². The van der Waals surface area contributed by atoms with Crippen molar-refractivity contribution in [2.75, 3.05) is 64.5 Å². The van der Waals surface area contributed by atoms with Gasteiger partial charge in [-0.25, -0.2) is 13.4 Å². The summed E-state index contributed by atoms with van der Waals surface area (Å²) in [6, 6.07) is 10.5. The fourth-order valence-electron chi connectivity index (χ4n) is 4.36. The van der Waals surface area contributed by atoms with Crippen LogP contribution in [0.15, 0.2) is 41.4 Å². The molecule has 0 unspecified atom stereocenters. The highest BCUT2D eigenvalue weighted by Gasteiger charge is 2.30. The molecule has 0 radical (unpaired) electrons. The van der Waals surface area contributed by atoms with Gasteiger partial charge in [0.15, 0.2) is 0 Å². The van der Waals surface area contributed by atoms with Gasteiger partial charge in [-0.2, -0.15) is 9.57 Å². The van der Waals surface area contributed by atoms with Crippen molar-refractivity contribution in [3.8, 4) is 11.8 Å². The molecule has 2 aromatic rings. The Morgan fingerprint density at radius 1 is 1.14 bits per heavy atom. The monoisotopic (exact) mass is 499 g/mol. The number of hydrogen-bond acceptors (Lipinski definition) is 8. The van der Waals surface area contributed by atoms with Gasteiger partial charge >= 0.3 is 0 Å². The fraction of sp³-hybridized carbons (Fsp3) is 0.458. The summed E-state index contributed by atoms with van der Waals surface area (Å²) in [7, 11) is -2.34. The number of nitriles is 1. The maximum absolute atomic E-state index is 13.2. The number of sulfonamides is 1. The molecule has 2 aliphatic rings. The molecular weight excluding hydrogens is 470 g/mol. The lowest BCUT2D eigenvalue weighted by Crippen LogP contribution is -2.40. The zero-order chi connectivity index (χ0) is 24.8. The van der Waals surface area contributed by atoms with Crippen LogP contribution in [-0.4, -0.2) is 88.1 Å². The molecule has 0 aliphatic carbocycles. The number of morpholine rings is 1. The van der Waals surface area contributed by atoms with E-state index in [0.29, 0.717) is 56.3 Å². The first-order chi connectivity index (χ1) is 16.9. The van der Waals surface area contributed by atoms with Gasteiger partial charge in [0.1, 0.15) is 22.5 Å². The largest absolute Gasteiger partial charge is 0.495 e. The van der Waals surface area contributed by atoms with Gasteiger partial charge in [0.2, 0.25) is 15.9 Å². The molecule has 0 saturated carbocycles. The fourth-order valence-corrected chi connectivity index (χ4v) is 5.97. The van der Waals surface area contributed by atoms with E-state index in [1.807, 2.05) is 4.90 Å². The highest BCUT2D eigenvalue weighted by molar-refractivity contribution is 7.89. The Hall–Kier alpha value is -3.20. The normalized spacial score (nSPS) is 17.5. The second-order valence-corrected chi connectivity index (χ2v) is 10.3. The number of aromatic nitrogens is 1. The average Bonchev–Trinajstić information content (AvgIpc) is 3.15. The van der Waals surface area contributed by atoms with E-state index < -0.39 is 10.0 Å². The molecule has 186 valence electrons. The van der Waals surface area contributed by atoms with Crippen LogP contribution < -0.4 is 9.64 Å². The molecule has 11 heteroatoms. The first kappa shape index (κ1) is 24.9. The third-order valence-corrected chi connectivity index (χ3v) is 8.15. The van der Waals surface area contributed by atoms with E-state index in [0.717, 1.165) is 6.42 Å². The van der Waals surface area contributed by atoms with Crippen LogP contribution in [0.5, 0.6) is 5.75 Å². The molecule has 35 heavy (non-hydrogen) atoms. The van der Waals surface area contributed by atoms with E-state index in [2.05, 4.69) is 11.1 Å². The van der Waals surface area contributed by atoms with E-state index in [4.69, 9.17) is 9.47 Å². The highest BCUT2D eigenvalue weighted by Crippen LogP contribution is 2.29. The van der Waals surface area contributed by atoms with Crippen molar-refractivity contribution in [3.63, 3.8) is 0 Å². The summed E-state index contributed by atoms with van der Waals surface area (Å²) in [6.07, 6.45) is 2.49. The van der Waals surface area contributed by atoms with Crippen LogP contribution in [0.1, 0.15) is 17.5 Å². The summed E-state index contributed by atoms with van der Waals surface area (Å²) >= 11 is 0. The first-order valence-corrected chi connectivity index (χ1v) is 13.0. The number of rotatable bonds is 6. The van der Waals surface area contributed by atoms with Gasteiger partial charge in [-0.3, -0.25) is 4.79 Å². The minimum absolute atomic E-state index is 0.0634. The van der Waals surface area contributed by atoms with E-state index in [1.165, 1.54) is 11.4 Å². The number of methoxy groups -OCH3 is 1. The Bertz CT molecular complexity index is 1210. The standard InChI is InChI=1S/C24H29N5O5S/c1-33-21-6-5-19(16-22(21)35(31,32)29-12-14-34-15-13-29)17-23(30)27-8-3-9-28(11-10-27)24-20(18-25)4-2-7-26-24/h2,4-7,16H,3,8-15,17H2,1H3. The number of nitrogens with zero attached hydrogens (tertiary/aromatic N) is 5. The van der Waals surface area contributed by atoms with Crippen molar-refractivity contribution in [1.29, 1.82) is 5.26 Å². The van der Waals surface area contributed by atoms with Gasteiger partial charge in [0, 0.05) is 45.5 Å². The number of ether oxygens (including phenoxy) is 2. The van der Waals surface area contributed by atoms with Crippen molar-refractivity contribution in [2.45, 2.75) is 17.7 Å². The Balaban J connectivity index is 1.47. The molecule has 2 saturated heterocycles. The third kappa shape index (κ3) is 5.56. The van der Waals surface area contributed by atoms with E-state index in [-0.39, 0.29) is 36.1 Å². The number of benzene rings is 1. The van der Waals surface area contributed by atoms with E-state index in [1.54, 1.807) is 41.4 Å². The van der Waals surface area contributed by atoms with Crippen LogP contribution >= 0.6 is 0 Å². The van der Waals surface area contributed by atoms with Crippen molar-refractivity contribution in [1.82, 2.24) is 14.2 Å². The summed E-state index contributed by atoms with van der Waals surface area (Å²) in [5.74, 6) is 0.812. The third-order valence-electron chi connectivity index (χ3n) is 6.23. The van der Waals surface area contributed by atoms with Crippen molar-refractivity contribution >= 4 is 21.7 Å². The lowest BCUT2D eigenvalue weighted by molar-refractivity contribution is -0.130. The Kier molecular flexibility index (Phi) is 7.85. The predicted octanol–water partition coefficient (Wildman–Crippen LogP) is 1.26. The number of hydrogen-bond donors (Lipinski definition) is 0. The maximum atomic E-state index is 13.2. The van der Waals surface area contributed by atoms with Crippen LogP contribution in [0.2, 0.25) is 0 Å². The van der Waals surface area contributed by atoms with Gasteiger partial charge in [0.05, 0.1) is 32.3 Å². The Morgan fingerprint density at radius 3 is 2.69 bits per heavy atom. The number of pyridine rings is 1. The number of carbonyl (C=O) groups is 1. The Labute approximate surface area is 205 Å². The highest BCUT2D eigenvalue weighted by atomic mass is 32.2. The van der Waals surface area contributed by atoms with Crippen molar-refractivity contribution in [3.05, 3.63) is 47.7 Å². The minimum Gasteiger partial charge on any atom is -0.495 e. The second-order valence-electron chi connectivity index (χ2n) is 8.39. The molecule has 0 N–H and O–H groups in total. The zero-order valence-electron chi connectivity index (χ0n) is 19.7. The quantitative estimate of drug-likeness (QED) is 0.583. The average molecular weight is 500 g/mol. The maximum Gasteiger partial charge on any atom is 0.246 e. The van der Waals surface area contributed by atoms with Crippen LogP contribution in [0.25, 0.3) is 0 Å².